The minimum Gasteiger partial charge on any atom is -0.492 e. The molecule has 0 amide bonds. The van der Waals surface area contributed by atoms with Gasteiger partial charge in [-0.05, 0) is 58.0 Å². The minimum absolute atomic E-state index is 0.579. The maximum absolute atomic E-state index is 11.1. The number of β-amino-alcohol motifs (C(OH)–C–C–N with tert-alkyl or cyclic N) is 1. The number of nitrogens with zero attached hydrogens (tertiary/aromatic N) is 6. The Kier molecular flexibility index (Phi) is 6.95. The molecule has 8 heteroatoms. The van der Waals surface area contributed by atoms with E-state index in [0.29, 0.717) is 19.7 Å². The summed E-state index contributed by atoms with van der Waals surface area (Å²) in [5.41, 5.74) is 3.55. The standard InChI is InChI=1S/C25H34N6O2/c1-19-14-24(27-18-26-19)30-10-9-25(32,17-30)16-29(4)15-22-5-7-23(8-6-22)33-12-11-31-21(3)13-20(2)28-31/h5-8,13-14,18,32H,9-12,15-17H2,1-4H3. The lowest BCUT2D eigenvalue weighted by Gasteiger charge is -2.29. The third kappa shape index (κ3) is 6.09. The van der Waals surface area contributed by atoms with Crippen LogP contribution in [0.3, 0.4) is 0 Å². The maximum atomic E-state index is 11.1. The zero-order valence-corrected chi connectivity index (χ0v) is 20.0. The average Bonchev–Trinajstić information content (AvgIpc) is 3.30. The summed E-state index contributed by atoms with van der Waals surface area (Å²) in [4.78, 5) is 12.8. The van der Waals surface area contributed by atoms with E-state index in [1.54, 1.807) is 6.33 Å². The summed E-state index contributed by atoms with van der Waals surface area (Å²) < 4.78 is 7.86. The van der Waals surface area contributed by atoms with E-state index in [-0.39, 0.29) is 0 Å². The Morgan fingerprint density at radius 3 is 2.58 bits per heavy atom. The largest absolute Gasteiger partial charge is 0.492 e. The van der Waals surface area contributed by atoms with Crippen LogP contribution in [0.4, 0.5) is 5.82 Å². The maximum Gasteiger partial charge on any atom is 0.132 e. The quantitative estimate of drug-likeness (QED) is 0.537. The third-order valence-corrected chi connectivity index (χ3v) is 6.06. The first-order valence-electron chi connectivity index (χ1n) is 11.5. The van der Waals surface area contributed by atoms with Crippen molar-refractivity contribution in [2.45, 2.75) is 45.9 Å². The minimum atomic E-state index is -0.750. The summed E-state index contributed by atoms with van der Waals surface area (Å²) >= 11 is 0. The van der Waals surface area contributed by atoms with Gasteiger partial charge in [0.2, 0.25) is 0 Å². The number of rotatable bonds is 9. The van der Waals surface area contributed by atoms with Crippen molar-refractivity contribution in [3.63, 3.8) is 0 Å². The van der Waals surface area contributed by atoms with Crippen molar-refractivity contribution >= 4 is 5.82 Å². The predicted octanol–water partition coefficient (Wildman–Crippen LogP) is 2.75. The Hall–Kier alpha value is -2.97. The number of anilines is 1. The normalized spacial score (nSPS) is 18.3. The van der Waals surface area contributed by atoms with Gasteiger partial charge in [0.25, 0.3) is 0 Å². The number of aryl methyl sites for hydroxylation is 3. The van der Waals surface area contributed by atoms with Crippen molar-refractivity contribution in [3.8, 4) is 5.75 Å². The van der Waals surface area contributed by atoms with Crippen LogP contribution in [0.2, 0.25) is 0 Å². The zero-order valence-electron chi connectivity index (χ0n) is 20.0. The fourth-order valence-corrected chi connectivity index (χ4v) is 4.51. The van der Waals surface area contributed by atoms with Crippen molar-refractivity contribution in [3.05, 3.63) is 65.4 Å². The topological polar surface area (TPSA) is 79.5 Å². The van der Waals surface area contributed by atoms with Gasteiger partial charge in [-0.25, -0.2) is 9.97 Å². The molecule has 0 bridgehead atoms. The number of hydrogen-bond acceptors (Lipinski definition) is 7. The van der Waals surface area contributed by atoms with Gasteiger partial charge in [-0.3, -0.25) is 9.58 Å². The summed E-state index contributed by atoms with van der Waals surface area (Å²) in [6.07, 6.45) is 2.31. The van der Waals surface area contributed by atoms with Crippen LogP contribution in [-0.4, -0.2) is 68.6 Å². The number of likely N-dealkylation sites (N-methyl/N-ethyl adjacent to an activating group) is 1. The summed E-state index contributed by atoms with van der Waals surface area (Å²) in [6, 6.07) is 12.2. The molecule has 33 heavy (non-hydrogen) atoms. The molecule has 0 saturated carbocycles. The van der Waals surface area contributed by atoms with Gasteiger partial charge in [0.1, 0.15) is 24.5 Å². The summed E-state index contributed by atoms with van der Waals surface area (Å²) in [5.74, 6) is 1.74. The highest BCUT2D eigenvalue weighted by molar-refractivity contribution is 5.41. The second-order valence-corrected chi connectivity index (χ2v) is 9.23. The van der Waals surface area contributed by atoms with Gasteiger partial charge < -0.3 is 14.7 Å². The van der Waals surface area contributed by atoms with E-state index in [1.165, 1.54) is 5.56 Å². The van der Waals surface area contributed by atoms with Crippen LogP contribution in [-0.2, 0) is 13.1 Å². The van der Waals surface area contributed by atoms with E-state index < -0.39 is 5.60 Å². The van der Waals surface area contributed by atoms with E-state index in [9.17, 15) is 5.11 Å². The Bertz CT molecular complexity index is 1070. The molecule has 0 radical (unpaired) electrons. The number of hydrogen-bond donors (Lipinski definition) is 1. The van der Waals surface area contributed by atoms with Crippen molar-refractivity contribution in [2.24, 2.45) is 0 Å². The second kappa shape index (κ2) is 9.89. The van der Waals surface area contributed by atoms with Crippen molar-refractivity contribution in [2.75, 3.05) is 38.2 Å². The Morgan fingerprint density at radius 1 is 1.09 bits per heavy atom. The van der Waals surface area contributed by atoms with E-state index in [0.717, 1.165) is 54.7 Å². The highest BCUT2D eigenvalue weighted by Gasteiger charge is 2.37. The smallest absolute Gasteiger partial charge is 0.132 e. The van der Waals surface area contributed by atoms with Crippen molar-refractivity contribution < 1.29 is 9.84 Å². The first kappa shape index (κ1) is 23.2. The fraction of sp³-hybridized carbons (Fsp3) is 0.480. The molecular weight excluding hydrogens is 416 g/mol. The SMILES string of the molecule is Cc1cc(N2CCC(O)(CN(C)Cc3ccc(OCCn4nc(C)cc4C)cc3)C2)ncn1. The molecule has 3 heterocycles. The molecular formula is C25H34N6O2. The van der Waals surface area contributed by atoms with Gasteiger partial charge in [0.05, 0.1) is 17.8 Å². The van der Waals surface area contributed by atoms with Gasteiger partial charge in [-0.15, -0.1) is 0 Å². The highest BCUT2D eigenvalue weighted by Crippen LogP contribution is 2.27. The van der Waals surface area contributed by atoms with Crippen LogP contribution in [0.1, 0.15) is 29.1 Å². The van der Waals surface area contributed by atoms with Gasteiger partial charge in [0, 0.05) is 43.6 Å². The predicted molar refractivity (Wildman–Crippen MR) is 129 cm³/mol. The zero-order chi connectivity index (χ0) is 23.4. The number of aromatic nitrogens is 4. The summed E-state index contributed by atoms with van der Waals surface area (Å²) in [7, 11) is 2.05. The van der Waals surface area contributed by atoms with Gasteiger partial charge in [-0.2, -0.15) is 5.10 Å². The Labute approximate surface area is 195 Å². The van der Waals surface area contributed by atoms with Crippen LogP contribution >= 0.6 is 0 Å². The monoisotopic (exact) mass is 450 g/mol. The molecule has 1 atom stereocenters. The molecule has 0 spiro atoms. The van der Waals surface area contributed by atoms with Crippen LogP contribution in [0.25, 0.3) is 0 Å². The molecule has 1 unspecified atom stereocenters. The molecule has 1 aliphatic heterocycles. The van der Waals surface area contributed by atoms with E-state index in [2.05, 4.69) is 50.0 Å². The average molecular weight is 451 g/mol. The van der Waals surface area contributed by atoms with Crippen LogP contribution in [0.5, 0.6) is 5.75 Å². The molecule has 3 aromatic rings. The molecule has 1 fully saturated rings. The van der Waals surface area contributed by atoms with Gasteiger partial charge in [0.15, 0.2) is 0 Å². The molecule has 1 aromatic carbocycles. The lowest BCUT2D eigenvalue weighted by Crippen LogP contribution is -2.43. The van der Waals surface area contributed by atoms with Gasteiger partial charge >= 0.3 is 0 Å². The van der Waals surface area contributed by atoms with Crippen LogP contribution in [0, 0.1) is 20.8 Å². The van der Waals surface area contributed by atoms with E-state index >= 15 is 0 Å². The second-order valence-electron chi connectivity index (χ2n) is 9.23. The third-order valence-electron chi connectivity index (χ3n) is 6.06. The summed E-state index contributed by atoms with van der Waals surface area (Å²) in [5, 5.41) is 15.6. The van der Waals surface area contributed by atoms with Gasteiger partial charge in [-0.1, -0.05) is 12.1 Å². The van der Waals surface area contributed by atoms with E-state index in [1.807, 2.05) is 43.8 Å². The van der Waals surface area contributed by atoms with E-state index in [4.69, 9.17) is 4.74 Å². The molecule has 2 aromatic heterocycles. The summed E-state index contributed by atoms with van der Waals surface area (Å²) in [6.45, 7) is 10.1. The molecule has 1 aliphatic rings. The Morgan fingerprint density at radius 2 is 1.88 bits per heavy atom. The number of benzene rings is 1. The number of aliphatic hydroxyl groups is 1. The fourth-order valence-electron chi connectivity index (χ4n) is 4.51. The molecule has 0 aliphatic carbocycles. The molecule has 1 N–H and O–H groups in total. The molecule has 1 saturated heterocycles. The first-order chi connectivity index (χ1) is 15.8. The lowest BCUT2D eigenvalue weighted by atomic mass is 10.0. The first-order valence-corrected chi connectivity index (χ1v) is 11.5. The number of ether oxygens (including phenoxy) is 1. The lowest BCUT2D eigenvalue weighted by molar-refractivity contribution is 0.0279. The van der Waals surface area contributed by atoms with Crippen molar-refractivity contribution in [1.29, 1.82) is 0 Å². The van der Waals surface area contributed by atoms with Crippen molar-refractivity contribution in [1.82, 2.24) is 24.6 Å². The molecule has 8 nitrogen and oxygen atoms in total. The molecule has 176 valence electrons. The Balaban J connectivity index is 1.24. The molecule has 4 rings (SSSR count). The van der Waals surface area contributed by atoms with Crippen LogP contribution in [0.15, 0.2) is 42.7 Å². The highest BCUT2D eigenvalue weighted by atomic mass is 16.5. The van der Waals surface area contributed by atoms with Crippen LogP contribution < -0.4 is 9.64 Å².